The van der Waals surface area contributed by atoms with E-state index < -0.39 is 0 Å². The minimum absolute atomic E-state index is 0. The predicted molar refractivity (Wildman–Crippen MR) is 64.9 cm³/mol. The lowest BCUT2D eigenvalue weighted by atomic mass is 10.2. The monoisotopic (exact) mass is 245 g/mol. The molecular weight excluding hydrogens is 229 g/mol. The van der Waals surface area contributed by atoms with Gasteiger partial charge < -0.3 is 10.1 Å². The zero-order chi connectivity index (χ0) is 10.7. The van der Waals surface area contributed by atoms with Gasteiger partial charge in [0.1, 0.15) is 6.61 Å². The van der Waals surface area contributed by atoms with Crippen LogP contribution in [0.2, 0.25) is 0 Å². The number of aryl methyl sites for hydroxylation is 1. The Hall–Kier alpha value is -0.800. The molecule has 0 aliphatic carbocycles. The van der Waals surface area contributed by atoms with E-state index in [4.69, 9.17) is 4.74 Å². The van der Waals surface area contributed by atoms with Crippen molar-refractivity contribution in [2.24, 2.45) is 0 Å². The van der Waals surface area contributed by atoms with Crippen LogP contribution < -0.4 is 10.1 Å². The summed E-state index contributed by atoms with van der Waals surface area (Å²) in [5.41, 5.74) is 0.916. The summed E-state index contributed by atoms with van der Waals surface area (Å²) in [4.78, 5) is 0. The van der Waals surface area contributed by atoms with Gasteiger partial charge in [0.15, 0.2) is 11.6 Å². The van der Waals surface area contributed by atoms with Crippen molar-refractivity contribution in [3.63, 3.8) is 0 Å². The maximum absolute atomic E-state index is 13.4. The molecule has 1 aromatic rings. The van der Waals surface area contributed by atoms with Crippen molar-refractivity contribution in [2.45, 2.75) is 25.8 Å². The highest BCUT2D eigenvalue weighted by Crippen LogP contribution is 2.18. The molecule has 90 valence electrons. The first-order chi connectivity index (χ1) is 7.25. The Morgan fingerprint density at radius 1 is 1.50 bits per heavy atom. The van der Waals surface area contributed by atoms with E-state index >= 15 is 0 Å². The van der Waals surface area contributed by atoms with Crippen molar-refractivity contribution in [3.05, 3.63) is 29.6 Å². The van der Waals surface area contributed by atoms with E-state index in [1.54, 1.807) is 6.07 Å². The van der Waals surface area contributed by atoms with E-state index in [-0.39, 0.29) is 18.2 Å². The molecule has 0 spiro atoms. The molecule has 0 bridgehead atoms. The van der Waals surface area contributed by atoms with Gasteiger partial charge in [-0.25, -0.2) is 4.39 Å². The summed E-state index contributed by atoms with van der Waals surface area (Å²) < 4.78 is 18.8. The number of ether oxygens (including phenoxy) is 1. The number of nitrogens with one attached hydrogen (secondary N) is 1. The molecule has 1 aliphatic heterocycles. The van der Waals surface area contributed by atoms with E-state index in [0.717, 1.165) is 18.5 Å². The van der Waals surface area contributed by atoms with Crippen LogP contribution in [0.1, 0.15) is 18.4 Å². The van der Waals surface area contributed by atoms with Crippen molar-refractivity contribution in [3.8, 4) is 5.75 Å². The third kappa shape index (κ3) is 3.35. The van der Waals surface area contributed by atoms with E-state index in [0.29, 0.717) is 18.4 Å². The van der Waals surface area contributed by atoms with Gasteiger partial charge in [0.05, 0.1) is 0 Å². The molecule has 1 N–H and O–H groups in total. The van der Waals surface area contributed by atoms with E-state index in [1.807, 2.05) is 13.0 Å². The average Bonchev–Trinajstić information content (AvgIpc) is 2.69. The molecule has 2 nitrogen and oxygen atoms in total. The van der Waals surface area contributed by atoms with Gasteiger partial charge in [0.2, 0.25) is 0 Å². The van der Waals surface area contributed by atoms with Crippen LogP contribution in [0.25, 0.3) is 0 Å². The fraction of sp³-hybridized carbons (Fsp3) is 0.500. The van der Waals surface area contributed by atoms with Crippen LogP contribution in [0.15, 0.2) is 18.2 Å². The number of hydrogen-bond donors (Lipinski definition) is 1. The lowest BCUT2D eigenvalue weighted by Crippen LogP contribution is -2.28. The molecular formula is C12H17ClFNO. The molecule has 1 saturated heterocycles. The zero-order valence-corrected chi connectivity index (χ0v) is 10.1. The Morgan fingerprint density at radius 2 is 2.31 bits per heavy atom. The Morgan fingerprint density at radius 3 is 2.94 bits per heavy atom. The lowest BCUT2D eigenvalue weighted by Gasteiger charge is -2.12. The van der Waals surface area contributed by atoms with Crippen molar-refractivity contribution < 1.29 is 9.13 Å². The lowest BCUT2D eigenvalue weighted by molar-refractivity contribution is 0.265. The number of halogens is 2. The molecule has 1 aromatic carbocycles. The van der Waals surface area contributed by atoms with E-state index in [9.17, 15) is 4.39 Å². The second-order valence-electron chi connectivity index (χ2n) is 4.04. The highest BCUT2D eigenvalue weighted by molar-refractivity contribution is 5.85. The molecule has 1 fully saturated rings. The predicted octanol–water partition coefficient (Wildman–Crippen LogP) is 2.69. The topological polar surface area (TPSA) is 21.3 Å². The van der Waals surface area contributed by atoms with Gasteiger partial charge in [0.25, 0.3) is 0 Å². The zero-order valence-electron chi connectivity index (χ0n) is 9.33. The van der Waals surface area contributed by atoms with Gasteiger partial charge in [-0.2, -0.15) is 0 Å². The van der Waals surface area contributed by atoms with Gasteiger partial charge in [-0.05, 0) is 44.0 Å². The Balaban J connectivity index is 0.00000128. The molecule has 0 aromatic heterocycles. The summed E-state index contributed by atoms with van der Waals surface area (Å²) in [5.74, 6) is 0.0855. The smallest absolute Gasteiger partial charge is 0.165 e. The van der Waals surface area contributed by atoms with Gasteiger partial charge in [-0.15, -0.1) is 12.4 Å². The minimum atomic E-state index is -0.270. The van der Waals surface area contributed by atoms with Gasteiger partial charge in [0, 0.05) is 6.04 Å². The van der Waals surface area contributed by atoms with Crippen molar-refractivity contribution in [1.29, 1.82) is 0 Å². The van der Waals surface area contributed by atoms with Gasteiger partial charge in [-0.1, -0.05) is 6.07 Å². The molecule has 4 heteroatoms. The highest BCUT2D eigenvalue weighted by atomic mass is 35.5. The average molecular weight is 246 g/mol. The first-order valence-corrected chi connectivity index (χ1v) is 5.38. The Labute approximate surface area is 102 Å². The van der Waals surface area contributed by atoms with Crippen LogP contribution in [0.4, 0.5) is 4.39 Å². The number of hydrogen-bond acceptors (Lipinski definition) is 2. The molecule has 0 unspecified atom stereocenters. The molecule has 1 heterocycles. The van der Waals surface area contributed by atoms with Crippen LogP contribution in [0, 0.1) is 12.7 Å². The largest absolute Gasteiger partial charge is 0.489 e. The Bertz CT molecular complexity index is 340. The van der Waals surface area contributed by atoms with Crippen LogP contribution in [-0.2, 0) is 0 Å². The molecule has 0 radical (unpaired) electrons. The van der Waals surface area contributed by atoms with Gasteiger partial charge >= 0.3 is 0 Å². The maximum Gasteiger partial charge on any atom is 0.165 e. The molecule has 0 amide bonds. The van der Waals surface area contributed by atoms with Crippen molar-refractivity contribution in [1.82, 2.24) is 5.32 Å². The van der Waals surface area contributed by atoms with E-state index in [1.165, 1.54) is 12.5 Å². The van der Waals surface area contributed by atoms with E-state index in [2.05, 4.69) is 5.32 Å². The second-order valence-corrected chi connectivity index (χ2v) is 4.04. The first kappa shape index (κ1) is 13.3. The normalized spacial score (nSPS) is 19.2. The minimum Gasteiger partial charge on any atom is -0.489 e. The third-order valence-electron chi connectivity index (χ3n) is 2.69. The summed E-state index contributed by atoms with van der Waals surface area (Å²) in [7, 11) is 0. The van der Waals surface area contributed by atoms with Crippen LogP contribution in [0.5, 0.6) is 5.75 Å². The number of rotatable bonds is 3. The summed E-state index contributed by atoms with van der Waals surface area (Å²) in [6.07, 6.45) is 2.30. The summed E-state index contributed by atoms with van der Waals surface area (Å²) in [6, 6.07) is 5.43. The Kier molecular flexibility index (Phi) is 5.03. The van der Waals surface area contributed by atoms with Gasteiger partial charge in [-0.3, -0.25) is 0 Å². The maximum atomic E-state index is 13.4. The second kappa shape index (κ2) is 6.06. The molecule has 1 atom stereocenters. The third-order valence-corrected chi connectivity index (χ3v) is 2.69. The molecule has 0 saturated carbocycles. The van der Waals surface area contributed by atoms with Crippen molar-refractivity contribution in [2.75, 3.05) is 13.2 Å². The molecule has 2 rings (SSSR count). The van der Waals surface area contributed by atoms with Crippen LogP contribution >= 0.6 is 12.4 Å². The number of benzene rings is 1. The molecule has 16 heavy (non-hydrogen) atoms. The fourth-order valence-corrected chi connectivity index (χ4v) is 1.81. The summed E-state index contributed by atoms with van der Waals surface area (Å²) in [5, 5.41) is 3.31. The van der Waals surface area contributed by atoms with Crippen molar-refractivity contribution >= 4 is 12.4 Å². The first-order valence-electron chi connectivity index (χ1n) is 5.38. The summed E-state index contributed by atoms with van der Waals surface area (Å²) >= 11 is 0. The standard InChI is InChI=1S/C12H16FNO.ClH/c1-9-4-5-12(11(13)7-9)15-8-10-3-2-6-14-10;/h4-5,7,10,14H,2-3,6,8H2,1H3;1H/t10-;/m0./s1. The quantitative estimate of drug-likeness (QED) is 0.884. The molecule has 1 aliphatic rings. The SMILES string of the molecule is Cc1ccc(OC[C@@H]2CCCN2)c(F)c1.Cl. The highest BCUT2D eigenvalue weighted by Gasteiger charge is 2.15. The fourth-order valence-electron chi connectivity index (χ4n) is 1.81. The van der Waals surface area contributed by atoms with Crippen LogP contribution in [0.3, 0.4) is 0 Å². The summed E-state index contributed by atoms with van der Waals surface area (Å²) in [6.45, 7) is 3.47. The van der Waals surface area contributed by atoms with Crippen LogP contribution in [-0.4, -0.2) is 19.2 Å².